The van der Waals surface area contributed by atoms with E-state index in [1.165, 1.54) is 0 Å². The molecule has 0 amide bonds. The van der Waals surface area contributed by atoms with Gasteiger partial charge in [-0.25, -0.2) is 0 Å². The van der Waals surface area contributed by atoms with Crippen LogP contribution in [-0.4, -0.2) is 77.0 Å². The Bertz CT molecular complexity index is 419. The summed E-state index contributed by atoms with van der Waals surface area (Å²) in [6.45, 7) is 4.96. The van der Waals surface area contributed by atoms with E-state index in [2.05, 4.69) is 0 Å². The lowest BCUT2D eigenvalue weighted by molar-refractivity contribution is -0.352. The molecular formula is C20H34O8. The Morgan fingerprint density at radius 1 is 0.643 bits per heavy atom. The lowest BCUT2D eigenvalue weighted by atomic mass is 10.2. The number of hydrogen-bond donors (Lipinski definition) is 0. The quantitative estimate of drug-likeness (QED) is 0.544. The van der Waals surface area contributed by atoms with Crippen molar-refractivity contribution in [2.45, 2.75) is 75.5 Å². The standard InChI is InChI=1S/C20H34O8/c1-3-11-23-19(7-1)25-15-17(27-19)13-21-9-5-6-10-22-14-18-16-26-20(28-18)8-2-4-12-24-20/h17-18H,1-16H2. The zero-order valence-electron chi connectivity index (χ0n) is 16.7. The highest BCUT2D eigenvalue weighted by Gasteiger charge is 2.45. The van der Waals surface area contributed by atoms with Crippen molar-refractivity contribution in [3.8, 4) is 0 Å². The first-order valence-electron chi connectivity index (χ1n) is 10.8. The third-order valence-electron chi connectivity index (χ3n) is 5.50. The van der Waals surface area contributed by atoms with Crippen LogP contribution in [0.2, 0.25) is 0 Å². The van der Waals surface area contributed by atoms with Gasteiger partial charge in [-0.05, 0) is 38.5 Å². The van der Waals surface area contributed by atoms with Crippen molar-refractivity contribution in [2.24, 2.45) is 0 Å². The van der Waals surface area contributed by atoms with Gasteiger partial charge in [-0.2, -0.15) is 0 Å². The van der Waals surface area contributed by atoms with Gasteiger partial charge in [0, 0.05) is 26.1 Å². The van der Waals surface area contributed by atoms with E-state index in [0.29, 0.717) is 52.9 Å². The van der Waals surface area contributed by atoms with E-state index in [4.69, 9.17) is 37.9 Å². The molecule has 2 spiro atoms. The summed E-state index contributed by atoms with van der Waals surface area (Å²) >= 11 is 0. The second kappa shape index (κ2) is 10.1. The predicted octanol–water partition coefficient (Wildman–Crippen LogP) is 2.34. The fraction of sp³-hybridized carbons (Fsp3) is 1.00. The van der Waals surface area contributed by atoms with Crippen LogP contribution in [0.3, 0.4) is 0 Å². The Hall–Kier alpha value is -0.320. The van der Waals surface area contributed by atoms with Gasteiger partial charge < -0.3 is 37.9 Å². The van der Waals surface area contributed by atoms with Crippen LogP contribution in [0, 0.1) is 0 Å². The maximum absolute atomic E-state index is 5.91. The van der Waals surface area contributed by atoms with E-state index in [0.717, 1.165) is 51.4 Å². The molecule has 0 saturated carbocycles. The summed E-state index contributed by atoms with van der Waals surface area (Å²) in [4.78, 5) is 0. The zero-order chi connectivity index (χ0) is 19.1. The van der Waals surface area contributed by atoms with Crippen LogP contribution in [-0.2, 0) is 37.9 Å². The molecule has 4 unspecified atom stereocenters. The Morgan fingerprint density at radius 2 is 1.14 bits per heavy atom. The smallest absolute Gasteiger partial charge is 0.283 e. The minimum atomic E-state index is -0.798. The molecule has 8 nitrogen and oxygen atoms in total. The van der Waals surface area contributed by atoms with E-state index < -0.39 is 11.9 Å². The monoisotopic (exact) mass is 402 g/mol. The highest BCUT2D eigenvalue weighted by atomic mass is 16.9. The minimum absolute atomic E-state index is 0.0387. The fourth-order valence-corrected chi connectivity index (χ4v) is 3.99. The van der Waals surface area contributed by atoms with E-state index in [1.807, 2.05) is 0 Å². The summed E-state index contributed by atoms with van der Waals surface area (Å²) in [7, 11) is 0. The molecule has 8 heteroatoms. The summed E-state index contributed by atoms with van der Waals surface area (Å²) < 4.78 is 46.0. The van der Waals surface area contributed by atoms with Crippen LogP contribution in [0.4, 0.5) is 0 Å². The molecule has 0 aromatic carbocycles. The molecule has 162 valence electrons. The van der Waals surface area contributed by atoms with Crippen LogP contribution in [0.15, 0.2) is 0 Å². The number of rotatable bonds is 9. The number of hydrogen-bond acceptors (Lipinski definition) is 8. The Morgan fingerprint density at radius 3 is 1.57 bits per heavy atom. The molecular weight excluding hydrogens is 368 g/mol. The van der Waals surface area contributed by atoms with Crippen LogP contribution < -0.4 is 0 Å². The molecule has 4 fully saturated rings. The SMILES string of the molecule is C(CCOCC1COC2(CCCCO2)O1)COCC1COC2(CCCCO2)O1. The molecule has 0 aliphatic carbocycles. The van der Waals surface area contributed by atoms with Crippen molar-refractivity contribution >= 4 is 0 Å². The molecule has 4 rings (SSSR count). The summed E-state index contributed by atoms with van der Waals surface area (Å²) in [6.07, 6.45) is 7.76. The number of unbranched alkanes of at least 4 members (excludes halogenated alkanes) is 1. The van der Waals surface area contributed by atoms with Crippen molar-refractivity contribution in [2.75, 3.05) is 52.9 Å². The van der Waals surface area contributed by atoms with Crippen LogP contribution >= 0.6 is 0 Å². The van der Waals surface area contributed by atoms with E-state index in [9.17, 15) is 0 Å². The Kier molecular flexibility index (Phi) is 7.57. The van der Waals surface area contributed by atoms with Crippen LogP contribution in [0.1, 0.15) is 51.4 Å². The van der Waals surface area contributed by atoms with Gasteiger partial charge >= 0.3 is 0 Å². The first-order valence-corrected chi connectivity index (χ1v) is 10.8. The van der Waals surface area contributed by atoms with E-state index >= 15 is 0 Å². The predicted molar refractivity (Wildman–Crippen MR) is 97.6 cm³/mol. The Labute approximate surface area is 167 Å². The molecule has 4 aliphatic heterocycles. The van der Waals surface area contributed by atoms with Crippen molar-refractivity contribution < 1.29 is 37.9 Å². The van der Waals surface area contributed by atoms with Crippen molar-refractivity contribution in [3.05, 3.63) is 0 Å². The third kappa shape index (κ3) is 5.64. The van der Waals surface area contributed by atoms with Gasteiger partial charge in [0.2, 0.25) is 0 Å². The van der Waals surface area contributed by atoms with Crippen molar-refractivity contribution in [1.82, 2.24) is 0 Å². The summed E-state index contributed by atoms with van der Waals surface area (Å²) in [5, 5.41) is 0. The second-order valence-electron chi connectivity index (χ2n) is 7.94. The summed E-state index contributed by atoms with van der Waals surface area (Å²) in [5.41, 5.74) is 0. The van der Waals surface area contributed by atoms with Gasteiger partial charge in [-0.3, -0.25) is 0 Å². The molecule has 28 heavy (non-hydrogen) atoms. The molecule has 4 saturated heterocycles. The lowest BCUT2D eigenvalue weighted by Gasteiger charge is -2.31. The minimum Gasteiger partial charge on any atom is -0.379 e. The summed E-state index contributed by atoms with van der Waals surface area (Å²) in [6, 6.07) is 0. The maximum atomic E-state index is 5.91. The molecule has 0 aromatic heterocycles. The van der Waals surface area contributed by atoms with Gasteiger partial charge in [0.05, 0.1) is 39.6 Å². The molecule has 4 heterocycles. The first-order chi connectivity index (χ1) is 13.8. The molecule has 0 aromatic rings. The normalized spacial score (nSPS) is 38.6. The maximum Gasteiger partial charge on any atom is 0.283 e. The van der Waals surface area contributed by atoms with Crippen molar-refractivity contribution in [1.29, 1.82) is 0 Å². The van der Waals surface area contributed by atoms with Gasteiger partial charge in [-0.1, -0.05) is 0 Å². The van der Waals surface area contributed by atoms with Gasteiger partial charge in [0.15, 0.2) is 0 Å². The highest BCUT2D eigenvalue weighted by Crippen LogP contribution is 2.34. The van der Waals surface area contributed by atoms with E-state index in [-0.39, 0.29) is 12.2 Å². The van der Waals surface area contributed by atoms with Gasteiger partial charge in [0.1, 0.15) is 12.2 Å². The largest absolute Gasteiger partial charge is 0.379 e. The topological polar surface area (TPSA) is 73.8 Å². The van der Waals surface area contributed by atoms with Gasteiger partial charge in [-0.15, -0.1) is 0 Å². The third-order valence-corrected chi connectivity index (χ3v) is 5.50. The molecule has 0 radical (unpaired) electrons. The zero-order valence-corrected chi connectivity index (χ0v) is 16.7. The van der Waals surface area contributed by atoms with E-state index in [1.54, 1.807) is 0 Å². The Balaban J connectivity index is 0.983. The first kappa shape index (κ1) is 20.9. The molecule has 0 N–H and O–H groups in total. The molecule has 4 atom stereocenters. The lowest BCUT2D eigenvalue weighted by Crippen LogP contribution is -2.38. The second-order valence-corrected chi connectivity index (χ2v) is 7.94. The summed E-state index contributed by atoms with van der Waals surface area (Å²) in [5.74, 6) is -1.60. The van der Waals surface area contributed by atoms with Crippen LogP contribution in [0.25, 0.3) is 0 Å². The number of ether oxygens (including phenoxy) is 8. The average molecular weight is 402 g/mol. The molecule has 0 bridgehead atoms. The van der Waals surface area contributed by atoms with Crippen LogP contribution in [0.5, 0.6) is 0 Å². The van der Waals surface area contributed by atoms with Gasteiger partial charge in [0.25, 0.3) is 11.9 Å². The van der Waals surface area contributed by atoms with Crippen molar-refractivity contribution in [3.63, 3.8) is 0 Å². The molecule has 4 aliphatic rings. The highest BCUT2D eigenvalue weighted by molar-refractivity contribution is 4.75. The fourth-order valence-electron chi connectivity index (χ4n) is 3.99. The average Bonchev–Trinajstić information content (AvgIpc) is 3.29.